The van der Waals surface area contributed by atoms with Crippen LogP contribution in [0.4, 0.5) is 0 Å². The number of nitrogens with two attached hydrogens (primary N) is 1. The molecule has 3 atom stereocenters. The molecule has 0 amide bonds. The van der Waals surface area contributed by atoms with Gasteiger partial charge in [-0.2, -0.15) is 0 Å². The summed E-state index contributed by atoms with van der Waals surface area (Å²) in [5.74, 6) is 0. The Kier molecular flexibility index (Phi) is 6.28. The summed E-state index contributed by atoms with van der Waals surface area (Å²) in [6, 6.07) is -0.447. The van der Waals surface area contributed by atoms with E-state index >= 15 is 0 Å². The first-order valence-corrected chi connectivity index (χ1v) is 4.42. The van der Waals surface area contributed by atoms with Crippen molar-refractivity contribution in [2.24, 2.45) is 5.73 Å². The fourth-order valence-electron chi connectivity index (χ4n) is 1.11. The normalized spacial score (nSPS) is 30.8. The SMILES string of the molecule is CC.N[C@H](CO)[C@H]1OCC[C@H]1O. The van der Waals surface area contributed by atoms with E-state index in [1.54, 1.807) is 0 Å². The lowest BCUT2D eigenvalue weighted by Gasteiger charge is -2.18. The second kappa shape index (κ2) is 6.37. The van der Waals surface area contributed by atoms with Crippen LogP contribution < -0.4 is 5.73 Å². The monoisotopic (exact) mass is 177 g/mol. The van der Waals surface area contributed by atoms with E-state index in [1.165, 1.54) is 0 Å². The van der Waals surface area contributed by atoms with Crippen LogP contribution in [0.1, 0.15) is 20.3 Å². The van der Waals surface area contributed by atoms with Crippen molar-refractivity contribution in [2.75, 3.05) is 13.2 Å². The molecule has 0 radical (unpaired) electrons. The second-order valence-electron chi connectivity index (χ2n) is 2.54. The molecule has 0 bridgehead atoms. The smallest absolute Gasteiger partial charge is 0.101 e. The predicted octanol–water partition coefficient (Wildman–Crippen LogP) is -0.518. The molecule has 1 aliphatic rings. The first kappa shape index (κ1) is 11.8. The summed E-state index contributed by atoms with van der Waals surface area (Å²) >= 11 is 0. The van der Waals surface area contributed by atoms with E-state index in [0.29, 0.717) is 13.0 Å². The molecule has 0 aromatic carbocycles. The van der Waals surface area contributed by atoms with Crippen molar-refractivity contribution in [2.45, 2.75) is 38.5 Å². The summed E-state index contributed by atoms with van der Waals surface area (Å²) in [4.78, 5) is 0. The minimum atomic E-state index is -0.498. The van der Waals surface area contributed by atoms with Gasteiger partial charge in [0, 0.05) is 6.61 Å². The van der Waals surface area contributed by atoms with E-state index in [2.05, 4.69) is 0 Å². The molecule has 0 unspecified atom stereocenters. The number of ether oxygens (including phenoxy) is 1. The Bertz CT molecular complexity index is 110. The van der Waals surface area contributed by atoms with E-state index in [4.69, 9.17) is 15.6 Å². The van der Waals surface area contributed by atoms with Gasteiger partial charge in [0.15, 0.2) is 0 Å². The van der Waals surface area contributed by atoms with Crippen LogP contribution in [-0.4, -0.2) is 41.7 Å². The zero-order chi connectivity index (χ0) is 9.56. The topological polar surface area (TPSA) is 75.7 Å². The van der Waals surface area contributed by atoms with Gasteiger partial charge in [-0.05, 0) is 6.42 Å². The molecule has 1 saturated heterocycles. The third kappa shape index (κ3) is 3.06. The van der Waals surface area contributed by atoms with E-state index in [9.17, 15) is 5.11 Å². The molecule has 0 aromatic heterocycles. The molecule has 4 heteroatoms. The minimum absolute atomic E-state index is 0.137. The van der Waals surface area contributed by atoms with Crippen LogP contribution >= 0.6 is 0 Å². The van der Waals surface area contributed by atoms with Crippen LogP contribution in [0, 0.1) is 0 Å². The van der Waals surface area contributed by atoms with Crippen LogP contribution in [0.15, 0.2) is 0 Å². The molecule has 12 heavy (non-hydrogen) atoms. The van der Waals surface area contributed by atoms with Gasteiger partial charge in [0.1, 0.15) is 6.10 Å². The standard InChI is InChI=1S/C6H13NO3.C2H6/c7-4(3-8)6-5(9)1-2-10-6;1-2/h4-6,8-9H,1-3,7H2;1-2H3/t4-,5-,6-;/m1./s1. The molecule has 1 rings (SSSR count). The van der Waals surface area contributed by atoms with Crippen LogP contribution in [0.3, 0.4) is 0 Å². The van der Waals surface area contributed by atoms with Gasteiger partial charge in [-0.3, -0.25) is 0 Å². The molecule has 0 aromatic rings. The highest BCUT2D eigenvalue weighted by Gasteiger charge is 2.30. The molecule has 4 N–H and O–H groups in total. The van der Waals surface area contributed by atoms with E-state index in [1.807, 2.05) is 13.8 Å². The summed E-state index contributed by atoms with van der Waals surface area (Å²) in [6.07, 6.45) is -0.245. The second-order valence-corrected chi connectivity index (χ2v) is 2.54. The largest absolute Gasteiger partial charge is 0.395 e. The third-order valence-corrected chi connectivity index (χ3v) is 1.74. The van der Waals surface area contributed by atoms with Crippen molar-refractivity contribution >= 4 is 0 Å². The van der Waals surface area contributed by atoms with Crippen molar-refractivity contribution in [3.63, 3.8) is 0 Å². The molecule has 0 spiro atoms. The number of aliphatic hydroxyl groups excluding tert-OH is 2. The van der Waals surface area contributed by atoms with Gasteiger partial charge >= 0.3 is 0 Å². The Morgan fingerprint density at radius 2 is 2.17 bits per heavy atom. The zero-order valence-corrected chi connectivity index (χ0v) is 7.73. The van der Waals surface area contributed by atoms with Crippen LogP contribution in [-0.2, 0) is 4.74 Å². The highest BCUT2D eigenvalue weighted by molar-refractivity contribution is 4.83. The maximum atomic E-state index is 9.17. The summed E-state index contributed by atoms with van der Waals surface area (Å²) in [6.45, 7) is 4.40. The van der Waals surface area contributed by atoms with E-state index in [-0.39, 0.29) is 12.7 Å². The highest BCUT2D eigenvalue weighted by atomic mass is 16.5. The minimum Gasteiger partial charge on any atom is -0.395 e. The molecule has 0 aliphatic carbocycles. The fourth-order valence-corrected chi connectivity index (χ4v) is 1.11. The molecular formula is C8H19NO3. The van der Waals surface area contributed by atoms with Gasteiger partial charge in [0.05, 0.1) is 18.8 Å². The number of rotatable bonds is 2. The average Bonchev–Trinajstić information content (AvgIpc) is 2.54. The Morgan fingerprint density at radius 1 is 1.58 bits per heavy atom. The maximum absolute atomic E-state index is 9.17. The first-order valence-electron chi connectivity index (χ1n) is 4.42. The maximum Gasteiger partial charge on any atom is 0.101 e. The fraction of sp³-hybridized carbons (Fsp3) is 1.00. The quantitative estimate of drug-likeness (QED) is 0.530. The van der Waals surface area contributed by atoms with Crippen molar-refractivity contribution in [3.8, 4) is 0 Å². The van der Waals surface area contributed by atoms with Gasteiger partial charge in [-0.15, -0.1) is 0 Å². The number of aliphatic hydroxyl groups is 2. The average molecular weight is 177 g/mol. The van der Waals surface area contributed by atoms with Crippen molar-refractivity contribution in [1.29, 1.82) is 0 Å². The Labute approximate surface area is 73.3 Å². The van der Waals surface area contributed by atoms with Gasteiger partial charge in [0.25, 0.3) is 0 Å². The summed E-state index contributed by atoms with van der Waals surface area (Å²) in [7, 11) is 0. The van der Waals surface area contributed by atoms with Crippen molar-refractivity contribution < 1.29 is 14.9 Å². The predicted molar refractivity (Wildman–Crippen MR) is 46.8 cm³/mol. The highest BCUT2D eigenvalue weighted by Crippen LogP contribution is 2.14. The van der Waals surface area contributed by atoms with Crippen LogP contribution in [0.5, 0.6) is 0 Å². The first-order chi connectivity index (χ1) is 5.75. The van der Waals surface area contributed by atoms with Crippen molar-refractivity contribution in [1.82, 2.24) is 0 Å². The molecule has 4 nitrogen and oxygen atoms in total. The van der Waals surface area contributed by atoms with Gasteiger partial charge in [0.2, 0.25) is 0 Å². The zero-order valence-electron chi connectivity index (χ0n) is 7.73. The summed E-state index contributed by atoms with van der Waals surface area (Å²) in [5, 5.41) is 17.8. The molecule has 1 aliphatic heterocycles. The van der Waals surface area contributed by atoms with Gasteiger partial charge < -0.3 is 20.7 Å². The lowest BCUT2D eigenvalue weighted by Crippen LogP contribution is -2.43. The lowest BCUT2D eigenvalue weighted by atomic mass is 10.1. The van der Waals surface area contributed by atoms with Crippen LogP contribution in [0.25, 0.3) is 0 Å². The summed E-state index contributed by atoms with van der Waals surface area (Å²) < 4.78 is 5.08. The molecule has 0 saturated carbocycles. The third-order valence-electron chi connectivity index (χ3n) is 1.74. The van der Waals surface area contributed by atoms with Crippen LogP contribution in [0.2, 0.25) is 0 Å². The molecular weight excluding hydrogens is 158 g/mol. The van der Waals surface area contributed by atoms with Crippen molar-refractivity contribution in [3.05, 3.63) is 0 Å². The van der Waals surface area contributed by atoms with E-state index < -0.39 is 12.1 Å². The summed E-state index contributed by atoms with van der Waals surface area (Å²) in [5.41, 5.74) is 5.43. The Morgan fingerprint density at radius 3 is 2.50 bits per heavy atom. The van der Waals surface area contributed by atoms with Gasteiger partial charge in [-0.1, -0.05) is 13.8 Å². The lowest BCUT2D eigenvalue weighted by molar-refractivity contribution is 0.0117. The Balaban J connectivity index is 0.000000561. The Hall–Kier alpha value is -0.160. The van der Waals surface area contributed by atoms with E-state index in [0.717, 1.165) is 0 Å². The molecule has 74 valence electrons. The molecule has 1 heterocycles. The van der Waals surface area contributed by atoms with Gasteiger partial charge in [-0.25, -0.2) is 0 Å². The number of hydrogen-bond donors (Lipinski definition) is 3. The molecule has 1 fully saturated rings. The number of hydrogen-bond acceptors (Lipinski definition) is 4.